The van der Waals surface area contributed by atoms with Gasteiger partial charge in [-0.15, -0.1) is 0 Å². The van der Waals surface area contributed by atoms with Crippen LogP contribution in [0.1, 0.15) is 21.0 Å². The summed E-state index contributed by atoms with van der Waals surface area (Å²) >= 11 is 0. The Morgan fingerprint density at radius 3 is 2.33 bits per heavy atom. The lowest BCUT2D eigenvalue weighted by atomic mass is 10.2. The summed E-state index contributed by atoms with van der Waals surface area (Å²) in [6, 6.07) is 5.91. The molecular weight excluding hydrogens is 361 g/mol. The summed E-state index contributed by atoms with van der Waals surface area (Å²) < 4.78 is 40.0. The number of pyridine rings is 1. The molecule has 0 aliphatic carbocycles. The SMILES string of the molecule is CN1CCN(C(=O)c2cccc(C(=O)Nc3ccc(F)c(F)c3F)n2)CC1. The van der Waals surface area contributed by atoms with Crippen molar-refractivity contribution in [2.75, 3.05) is 38.5 Å². The Balaban J connectivity index is 1.76. The van der Waals surface area contributed by atoms with Gasteiger partial charge in [-0.25, -0.2) is 18.2 Å². The molecule has 0 saturated carbocycles. The molecule has 0 radical (unpaired) electrons. The maximum atomic E-state index is 13.7. The molecule has 1 fully saturated rings. The first kappa shape index (κ1) is 18.8. The second kappa shape index (κ2) is 7.75. The summed E-state index contributed by atoms with van der Waals surface area (Å²) in [6.07, 6.45) is 0. The van der Waals surface area contributed by atoms with Crippen LogP contribution in [0, 0.1) is 17.5 Å². The van der Waals surface area contributed by atoms with Gasteiger partial charge in [-0.05, 0) is 31.3 Å². The van der Waals surface area contributed by atoms with Crippen molar-refractivity contribution in [2.45, 2.75) is 0 Å². The minimum Gasteiger partial charge on any atom is -0.335 e. The second-order valence-electron chi connectivity index (χ2n) is 6.18. The number of likely N-dealkylation sites (N-methyl/N-ethyl adjacent to an activating group) is 1. The molecule has 2 heterocycles. The Morgan fingerprint density at radius 1 is 0.963 bits per heavy atom. The summed E-state index contributed by atoms with van der Waals surface area (Å²) in [4.78, 5) is 32.6. The third kappa shape index (κ3) is 4.08. The van der Waals surface area contributed by atoms with Gasteiger partial charge in [-0.1, -0.05) is 6.07 Å². The van der Waals surface area contributed by atoms with E-state index in [1.54, 1.807) is 4.90 Å². The van der Waals surface area contributed by atoms with Gasteiger partial charge in [0, 0.05) is 26.2 Å². The van der Waals surface area contributed by atoms with E-state index in [1.807, 2.05) is 7.05 Å². The van der Waals surface area contributed by atoms with E-state index >= 15 is 0 Å². The van der Waals surface area contributed by atoms with E-state index in [9.17, 15) is 22.8 Å². The van der Waals surface area contributed by atoms with Crippen molar-refractivity contribution in [1.29, 1.82) is 0 Å². The minimum absolute atomic E-state index is 0.0814. The maximum absolute atomic E-state index is 13.7. The van der Waals surface area contributed by atoms with Crippen LogP contribution in [0.5, 0.6) is 0 Å². The summed E-state index contributed by atoms with van der Waals surface area (Å²) in [5, 5.41) is 2.13. The van der Waals surface area contributed by atoms with Crippen LogP contribution in [0.25, 0.3) is 0 Å². The van der Waals surface area contributed by atoms with Gasteiger partial charge < -0.3 is 15.1 Å². The number of halogens is 3. The number of carbonyl (C=O) groups is 2. The predicted octanol–water partition coefficient (Wildman–Crippen LogP) is 2.14. The Kier molecular flexibility index (Phi) is 5.41. The highest BCUT2D eigenvalue weighted by Gasteiger charge is 2.22. The van der Waals surface area contributed by atoms with E-state index in [0.717, 1.165) is 19.2 Å². The number of nitrogens with one attached hydrogen (secondary N) is 1. The molecule has 2 aromatic rings. The number of rotatable bonds is 3. The van der Waals surface area contributed by atoms with E-state index in [0.29, 0.717) is 19.2 Å². The summed E-state index contributed by atoms with van der Waals surface area (Å²) in [5.74, 6) is -5.69. The zero-order chi connectivity index (χ0) is 19.6. The van der Waals surface area contributed by atoms with Crippen LogP contribution in [-0.2, 0) is 0 Å². The minimum atomic E-state index is -1.68. The van der Waals surface area contributed by atoms with Crippen molar-refractivity contribution >= 4 is 17.5 Å². The molecule has 1 N–H and O–H groups in total. The van der Waals surface area contributed by atoms with E-state index in [1.165, 1.54) is 18.2 Å². The van der Waals surface area contributed by atoms with Crippen molar-refractivity contribution < 1.29 is 22.8 Å². The molecule has 1 aliphatic heterocycles. The van der Waals surface area contributed by atoms with E-state index in [-0.39, 0.29) is 17.3 Å². The number of aromatic nitrogens is 1. The van der Waals surface area contributed by atoms with E-state index < -0.39 is 29.0 Å². The van der Waals surface area contributed by atoms with Gasteiger partial charge in [0.15, 0.2) is 17.5 Å². The highest BCUT2D eigenvalue weighted by atomic mass is 19.2. The summed E-state index contributed by atoms with van der Waals surface area (Å²) in [6.45, 7) is 2.57. The molecule has 1 aromatic carbocycles. The lowest BCUT2D eigenvalue weighted by Crippen LogP contribution is -2.47. The lowest BCUT2D eigenvalue weighted by Gasteiger charge is -2.32. The Labute approximate surface area is 153 Å². The third-order valence-electron chi connectivity index (χ3n) is 4.27. The van der Waals surface area contributed by atoms with Crippen LogP contribution in [0.2, 0.25) is 0 Å². The molecule has 3 rings (SSSR count). The van der Waals surface area contributed by atoms with E-state index in [4.69, 9.17) is 0 Å². The molecule has 1 aromatic heterocycles. The lowest BCUT2D eigenvalue weighted by molar-refractivity contribution is 0.0658. The monoisotopic (exact) mass is 378 g/mol. The van der Waals surface area contributed by atoms with Gasteiger partial charge in [0.05, 0.1) is 5.69 Å². The van der Waals surface area contributed by atoms with Crippen LogP contribution in [-0.4, -0.2) is 59.8 Å². The van der Waals surface area contributed by atoms with Crippen molar-refractivity contribution in [1.82, 2.24) is 14.8 Å². The molecule has 1 aliphatic rings. The highest BCUT2D eigenvalue weighted by molar-refractivity contribution is 6.03. The Hall–Kier alpha value is -2.94. The molecule has 0 atom stereocenters. The number of nitrogens with zero attached hydrogens (tertiary/aromatic N) is 3. The van der Waals surface area contributed by atoms with Crippen molar-refractivity contribution in [3.05, 3.63) is 59.2 Å². The summed E-state index contributed by atoms with van der Waals surface area (Å²) in [7, 11) is 1.96. The molecule has 142 valence electrons. The van der Waals surface area contributed by atoms with Gasteiger partial charge >= 0.3 is 0 Å². The first-order valence-electron chi connectivity index (χ1n) is 8.26. The first-order valence-corrected chi connectivity index (χ1v) is 8.26. The number of benzene rings is 1. The van der Waals surface area contributed by atoms with Gasteiger partial charge in [-0.3, -0.25) is 9.59 Å². The average molecular weight is 378 g/mol. The Morgan fingerprint density at radius 2 is 1.63 bits per heavy atom. The number of anilines is 1. The second-order valence-corrected chi connectivity index (χ2v) is 6.18. The predicted molar refractivity (Wildman–Crippen MR) is 91.9 cm³/mol. The molecule has 27 heavy (non-hydrogen) atoms. The summed E-state index contributed by atoms with van der Waals surface area (Å²) in [5.41, 5.74) is -0.575. The molecule has 6 nitrogen and oxygen atoms in total. The zero-order valence-electron chi connectivity index (χ0n) is 14.5. The van der Waals surface area contributed by atoms with Crippen molar-refractivity contribution in [2.24, 2.45) is 0 Å². The number of piperazine rings is 1. The Bertz CT molecular complexity index is 883. The number of hydrogen-bond acceptors (Lipinski definition) is 4. The first-order chi connectivity index (χ1) is 12.9. The van der Waals surface area contributed by atoms with Gasteiger partial charge in [0.25, 0.3) is 11.8 Å². The van der Waals surface area contributed by atoms with Crippen LogP contribution < -0.4 is 5.32 Å². The maximum Gasteiger partial charge on any atom is 0.274 e. The molecule has 0 unspecified atom stereocenters. The molecule has 1 saturated heterocycles. The van der Waals surface area contributed by atoms with Crippen molar-refractivity contribution in [3.8, 4) is 0 Å². The zero-order valence-corrected chi connectivity index (χ0v) is 14.5. The number of carbonyl (C=O) groups excluding carboxylic acids is 2. The fourth-order valence-electron chi connectivity index (χ4n) is 2.66. The molecule has 0 spiro atoms. The molecule has 2 amide bonds. The van der Waals surface area contributed by atoms with Gasteiger partial charge in [0.1, 0.15) is 11.4 Å². The number of hydrogen-bond donors (Lipinski definition) is 1. The van der Waals surface area contributed by atoms with Crippen LogP contribution in [0.3, 0.4) is 0 Å². The van der Waals surface area contributed by atoms with Crippen molar-refractivity contribution in [3.63, 3.8) is 0 Å². The standard InChI is InChI=1S/C18H17F3N4O2/c1-24-7-9-25(10-8-24)18(27)14-4-2-3-13(22-14)17(26)23-12-6-5-11(19)15(20)16(12)21/h2-6H,7-10H2,1H3,(H,23,26). The third-order valence-corrected chi connectivity index (χ3v) is 4.27. The molecule has 9 heteroatoms. The van der Waals surface area contributed by atoms with Gasteiger partial charge in [0.2, 0.25) is 0 Å². The van der Waals surface area contributed by atoms with Crippen LogP contribution in [0.4, 0.5) is 18.9 Å². The highest BCUT2D eigenvalue weighted by Crippen LogP contribution is 2.20. The number of amides is 2. The van der Waals surface area contributed by atoms with Crippen LogP contribution in [0.15, 0.2) is 30.3 Å². The fraction of sp³-hybridized carbons (Fsp3) is 0.278. The van der Waals surface area contributed by atoms with Gasteiger partial charge in [-0.2, -0.15) is 0 Å². The largest absolute Gasteiger partial charge is 0.335 e. The fourth-order valence-corrected chi connectivity index (χ4v) is 2.66. The smallest absolute Gasteiger partial charge is 0.274 e. The van der Waals surface area contributed by atoms with E-state index in [2.05, 4.69) is 15.2 Å². The molecular formula is C18H17F3N4O2. The molecule has 0 bridgehead atoms. The quantitative estimate of drug-likeness (QED) is 0.832. The topological polar surface area (TPSA) is 65.5 Å². The normalized spacial score (nSPS) is 14.9. The average Bonchev–Trinajstić information content (AvgIpc) is 2.68. The van der Waals surface area contributed by atoms with Crippen LogP contribution >= 0.6 is 0 Å².